The van der Waals surface area contributed by atoms with E-state index in [2.05, 4.69) is 5.32 Å². The van der Waals surface area contributed by atoms with Crippen molar-refractivity contribution in [1.29, 1.82) is 0 Å². The van der Waals surface area contributed by atoms with Crippen molar-refractivity contribution in [1.82, 2.24) is 0 Å². The number of thiophene rings is 1. The topological polar surface area (TPSA) is 49.4 Å². The van der Waals surface area contributed by atoms with Crippen LogP contribution in [0.5, 0.6) is 0 Å². The van der Waals surface area contributed by atoms with Gasteiger partial charge in [-0.25, -0.2) is 0 Å². The molecule has 4 nitrogen and oxygen atoms in total. The lowest BCUT2D eigenvalue weighted by atomic mass is 10.1. The molecule has 0 unspecified atom stereocenters. The summed E-state index contributed by atoms with van der Waals surface area (Å²) in [7, 11) is 0. The Morgan fingerprint density at radius 2 is 1.83 bits per heavy atom. The first-order valence-electron chi connectivity index (χ1n) is 8.89. The summed E-state index contributed by atoms with van der Waals surface area (Å²) < 4.78 is 38.5. The molecule has 1 N–H and O–H groups in total. The van der Waals surface area contributed by atoms with Gasteiger partial charge in [-0.15, -0.1) is 23.1 Å². The SMILES string of the molecule is O=C(Nc1cccc([C@H]2SCC(=O)N2c2ccc(C(F)(F)F)cc2)c1)c1cccs1. The second-order valence-corrected chi connectivity index (χ2v) is 8.54. The van der Waals surface area contributed by atoms with Crippen LogP contribution in [0.4, 0.5) is 24.5 Å². The second-order valence-electron chi connectivity index (χ2n) is 6.53. The maximum absolute atomic E-state index is 12.8. The first-order valence-corrected chi connectivity index (χ1v) is 10.8. The Labute approximate surface area is 178 Å². The lowest BCUT2D eigenvalue weighted by Gasteiger charge is -2.25. The molecule has 3 aromatic rings. The van der Waals surface area contributed by atoms with Crippen molar-refractivity contribution < 1.29 is 22.8 Å². The molecule has 0 aliphatic carbocycles. The Morgan fingerprint density at radius 3 is 2.50 bits per heavy atom. The van der Waals surface area contributed by atoms with Gasteiger partial charge in [0.25, 0.3) is 5.91 Å². The van der Waals surface area contributed by atoms with Crippen LogP contribution >= 0.6 is 23.1 Å². The molecular formula is C21H15F3N2O2S2. The second kappa shape index (κ2) is 8.16. The van der Waals surface area contributed by atoms with Gasteiger partial charge in [0.2, 0.25) is 5.91 Å². The van der Waals surface area contributed by atoms with E-state index in [0.717, 1.165) is 17.7 Å². The Bertz CT molecular complexity index is 1070. The highest BCUT2D eigenvalue weighted by molar-refractivity contribution is 8.00. The molecule has 1 aliphatic rings. The number of amides is 2. The van der Waals surface area contributed by atoms with Crippen molar-refractivity contribution >= 4 is 46.3 Å². The maximum Gasteiger partial charge on any atom is 0.416 e. The van der Waals surface area contributed by atoms with Crippen LogP contribution in [0.25, 0.3) is 0 Å². The number of anilines is 2. The predicted molar refractivity (Wildman–Crippen MR) is 113 cm³/mol. The van der Waals surface area contributed by atoms with Crippen LogP contribution < -0.4 is 10.2 Å². The summed E-state index contributed by atoms with van der Waals surface area (Å²) in [6.45, 7) is 0. The first-order chi connectivity index (χ1) is 14.3. The number of carbonyl (C=O) groups excluding carboxylic acids is 2. The molecule has 1 aromatic heterocycles. The predicted octanol–water partition coefficient (Wildman–Crippen LogP) is 5.80. The molecule has 0 spiro atoms. The van der Waals surface area contributed by atoms with Crippen LogP contribution in [-0.4, -0.2) is 17.6 Å². The first kappa shape index (κ1) is 20.5. The van der Waals surface area contributed by atoms with Gasteiger partial charge in [-0.3, -0.25) is 14.5 Å². The number of alkyl halides is 3. The van der Waals surface area contributed by atoms with Crippen LogP contribution in [0, 0.1) is 0 Å². The minimum Gasteiger partial charge on any atom is -0.321 e. The fraction of sp³-hybridized carbons (Fsp3) is 0.143. The molecule has 0 bridgehead atoms. The average Bonchev–Trinajstić information content (AvgIpc) is 3.38. The Morgan fingerprint density at radius 1 is 1.07 bits per heavy atom. The van der Waals surface area contributed by atoms with Crippen molar-refractivity contribution in [3.05, 3.63) is 82.0 Å². The third-order valence-electron chi connectivity index (χ3n) is 4.52. The molecule has 30 heavy (non-hydrogen) atoms. The van der Waals surface area contributed by atoms with Crippen molar-refractivity contribution in [2.75, 3.05) is 16.0 Å². The summed E-state index contributed by atoms with van der Waals surface area (Å²) in [4.78, 5) is 26.8. The van der Waals surface area contributed by atoms with Crippen molar-refractivity contribution in [3.63, 3.8) is 0 Å². The number of hydrogen-bond acceptors (Lipinski definition) is 4. The van der Waals surface area contributed by atoms with E-state index >= 15 is 0 Å². The number of halogens is 3. The van der Waals surface area contributed by atoms with Crippen LogP contribution in [0.1, 0.15) is 26.2 Å². The van der Waals surface area contributed by atoms with E-state index in [1.165, 1.54) is 40.1 Å². The van der Waals surface area contributed by atoms with Gasteiger partial charge < -0.3 is 5.32 Å². The van der Waals surface area contributed by atoms with E-state index in [-0.39, 0.29) is 17.6 Å². The van der Waals surface area contributed by atoms with Crippen molar-refractivity contribution in [2.45, 2.75) is 11.6 Å². The molecule has 1 atom stereocenters. The molecule has 0 saturated carbocycles. The van der Waals surface area contributed by atoms with E-state index in [9.17, 15) is 22.8 Å². The van der Waals surface area contributed by atoms with Crippen molar-refractivity contribution in [2.24, 2.45) is 0 Å². The van der Waals surface area contributed by atoms with Gasteiger partial charge in [-0.1, -0.05) is 18.2 Å². The highest BCUT2D eigenvalue weighted by Crippen LogP contribution is 2.43. The molecule has 2 heterocycles. The van der Waals surface area contributed by atoms with Crippen molar-refractivity contribution in [3.8, 4) is 0 Å². The molecule has 0 radical (unpaired) electrons. The standard InChI is InChI=1S/C21H15F3N2O2S2/c22-21(23,24)14-6-8-16(9-7-14)26-18(27)12-30-20(26)13-3-1-4-15(11-13)25-19(28)17-5-2-10-29-17/h1-11,20H,12H2,(H,25,28)/t20-/m1/s1. The molecule has 9 heteroatoms. The zero-order chi connectivity index (χ0) is 21.3. The third kappa shape index (κ3) is 4.22. The number of nitrogens with zero attached hydrogens (tertiary/aromatic N) is 1. The van der Waals surface area contributed by atoms with Crippen LogP contribution in [0.2, 0.25) is 0 Å². The zero-order valence-electron chi connectivity index (χ0n) is 15.3. The number of hydrogen-bond donors (Lipinski definition) is 1. The third-order valence-corrected chi connectivity index (χ3v) is 6.60. The van der Waals surface area contributed by atoms with Crippen LogP contribution in [0.3, 0.4) is 0 Å². The molecular weight excluding hydrogens is 433 g/mol. The van der Waals surface area contributed by atoms with Gasteiger partial charge in [0.15, 0.2) is 0 Å². The number of thioether (sulfide) groups is 1. The van der Waals surface area contributed by atoms with Gasteiger partial charge in [-0.2, -0.15) is 13.2 Å². The summed E-state index contributed by atoms with van der Waals surface area (Å²) in [5, 5.41) is 4.25. The molecule has 2 aromatic carbocycles. The van der Waals surface area contributed by atoms with E-state index in [4.69, 9.17) is 0 Å². The molecule has 1 saturated heterocycles. The van der Waals surface area contributed by atoms with E-state index < -0.39 is 17.1 Å². The normalized spacial score (nSPS) is 16.7. The van der Waals surface area contributed by atoms with Gasteiger partial charge in [0.05, 0.1) is 16.2 Å². The molecule has 2 amide bonds. The number of rotatable bonds is 4. The molecule has 4 rings (SSSR count). The van der Waals surface area contributed by atoms with Gasteiger partial charge >= 0.3 is 6.18 Å². The van der Waals surface area contributed by atoms with Gasteiger partial charge in [-0.05, 0) is 53.4 Å². The maximum atomic E-state index is 12.8. The lowest BCUT2D eigenvalue weighted by molar-refractivity contribution is -0.137. The quantitative estimate of drug-likeness (QED) is 0.549. The Hall–Kier alpha value is -2.78. The zero-order valence-corrected chi connectivity index (χ0v) is 17.0. The van der Waals surface area contributed by atoms with E-state index in [1.807, 2.05) is 11.4 Å². The fourth-order valence-corrected chi connectivity index (χ4v) is 4.92. The largest absolute Gasteiger partial charge is 0.416 e. The summed E-state index contributed by atoms with van der Waals surface area (Å²) in [5.74, 6) is -0.188. The molecule has 154 valence electrons. The number of benzene rings is 2. The summed E-state index contributed by atoms with van der Waals surface area (Å²) in [6.07, 6.45) is -4.43. The summed E-state index contributed by atoms with van der Waals surface area (Å²) >= 11 is 2.72. The number of carbonyl (C=O) groups is 2. The van der Waals surface area contributed by atoms with E-state index in [1.54, 1.807) is 30.3 Å². The molecule has 1 fully saturated rings. The summed E-state index contributed by atoms with van der Waals surface area (Å²) in [5.41, 5.74) is 0.990. The Kier molecular flexibility index (Phi) is 5.57. The van der Waals surface area contributed by atoms with Crippen LogP contribution in [-0.2, 0) is 11.0 Å². The highest BCUT2D eigenvalue weighted by Gasteiger charge is 2.35. The molecule has 1 aliphatic heterocycles. The fourth-order valence-electron chi connectivity index (χ4n) is 3.13. The van der Waals surface area contributed by atoms with Gasteiger partial charge in [0.1, 0.15) is 5.37 Å². The lowest BCUT2D eigenvalue weighted by Crippen LogP contribution is -2.28. The number of nitrogens with one attached hydrogen (secondary N) is 1. The minimum atomic E-state index is -4.43. The van der Waals surface area contributed by atoms with E-state index in [0.29, 0.717) is 16.3 Å². The highest BCUT2D eigenvalue weighted by atomic mass is 32.2. The summed E-state index contributed by atoms with van der Waals surface area (Å²) in [6, 6.07) is 15.2. The Balaban J connectivity index is 1.58. The van der Waals surface area contributed by atoms with Gasteiger partial charge in [0, 0.05) is 11.4 Å². The minimum absolute atomic E-state index is 0.183. The monoisotopic (exact) mass is 448 g/mol. The van der Waals surface area contributed by atoms with Crippen LogP contribution in [0.15, 0.2) is 66.0 Å². The average molecular weight is 448 g/mol. The smallest absolute Gasteiger partial charge is 0.321 e.